The molecule has 4 nitrogen and oxygen atoms in total. The van der Waals surface area contributed by atoms with Gasteiger partial charge in [0, 0.05) is 17.4 Å². The van der Waals surface area contributed by atoms with Crippen LogP contribution in [0, 0.1) is 17.8 Å². The molecule has 4 bridgehead atoms. The monoisotopic (exact) mass is 389 g/mol. The molecule has 7 rings (SSSR count). The first-order valence-electron chi connectivity index (χ1n) is 11.5. The number of hydrogen-bond acceptors (Lipinski definition) is 1. The van der Waals surface area contributed by atoms with Gasteiger partial charge < -0.3 is 14.8 Å². The summed E-state index contributed by atoms with van der Waals surface area (Å²) in [7, 11) is 0. The summed E-state index contributed by atoms with van der Waals surface area (Å²) in [4.78, 5) is 15.9. The topological polar surface area (TPSA) is 37.3 Å². The number of fused-ring (bicyclic) bond motifs is 3. The third kappa shape index (κ3) is 2.75. The molecule has 2 heterocycles. The first kappa shape index (κ1) is 17.6. The summed E-state index contributed by atoms with van der Waals surface area (Å²) < 4.78 is 2.28. The minimum absolute atomic E-state index is 0.0535. The second kappa shape index (κ2) is 6.38. The van der Waals surface area contributed by atoms with Gasteiger partial charge in [-0.25, -0.2) is 4.79 Å². The van der Waals surface area contributed by atoms with E-state index >= 15 is 0 Å². The number of carbonyl (C=O) groups excluding carboxylic acids is 1. The van der Waals surface area contributed by atoms with Crippen molar-refractivity contribution in [1.82, 2.24) is 14.8 Å². The van der Waals surface area contributed by atoms with E-state index in [0.29, 0.717) is 6.54 Å². The number of carbonyl (C=O) groups is 1. The first-order valence-corrected chi connectivity index (χ1v) is 11.5. The summed E-state index contributed by atoms with van der Waals surface area (Å²) in [5.41, 5.74) is 3.70. The zero-order valence-electron chi connectivity index (χ0n) is 17.3. The molecule has 1 atom stereocenters. The molecule has 4 aliphatic carbocycles. The quantitative estimate of drug-likeness (QED) is 0.731. The second-order valence-electron chi connectivity index (χ2n) is 10.1. The van der Waals surface area contributed by atoms with Crippen LogP contribution < -0.4 is 5.32 Å². The SMILES string of the molecule is CC[C@@H]1c2cccn2-c2ccccc2CN1C(=O)NC12CC3CC(CC(C3)C1)C2. The maximum atomic E-state index is 13.8. The molecule has 0 spiro atoms. The van der Waals surface area contributed by atoms with Gasteiger partial charge in [-0.3, -0.25) is 0 Å². The fraction of sp³-hybridized carbons (Fsp3) is 0.560. The first-order chi connectivity index (χ1) is 14.1. The van der Waals surface area contributed by atoms with Crippen molar-refractivity contribution in [2.75, 3.05) is 0 Å². The molecular formula is C25H31N3O. The van der Waals surface area contributed by atoms with Gasteiger partial charge in [0.05, 0.1) is 18.3 Å². The van der Waals surface area contributed by atoms with E-state index in [0.717, 1.165) is 24.2 Å². The van der Waals surface area contributed by atoms with E-state index in [9.17, 15) is 4.79 Å². The van der Waals surface area contributed by atoms with E-state index < -0.39 is 0 Å². The molecule has 5 aliphatic rings. The van der Waals surface area contributed by atoms with E-state index in [1.54, 1.807) is 0 Å². The summed E-state index contributed by atoms with van der Waals surface area (Å²) in [6, 6.07) is 13.1. The fourth-order valence-corrected chi connectivity index (χ4v) is 7.42. The maximum Gasteiger partial charge on any atom is 0.318 e. The summed E-state index contributed by atoms with van der Waals surface area (Å²) in [6.07, 6.45) is 10.8. The van der Waals surface area contributed by atoms with Crippen LogP contribution in [-0.2, 0) is 6.54 Å². The number of amides is 2. The molecule has 4 saturated carbocycles. The van der Waals surface area contributed by atoms with E-state index in [1.807, 2.05) is 0 Å². The van der Waals surface area contributed by atoms with E-state index in [4.69, 9.17) is 0 Å². The highest BCUT2D eigenvalue weighted by Crippen LogP contribution is 2.55. The molecule has 0 saturated heterocycles. The molecular weight excluding hydrogens is 358 g/mol. The van der Waals surface area contributed by atoms with Crippen LogP contribution in [0.5, 0.6) is 0 Å². The van der Waals surface area contributed by atoms with Crippen molar-refractivity contribution < 1.29 is 4.79 Å². The molecule has 1 N–H and O–H groups in total. The summed E-state index contributed by atoms with van der Waals surface area (Å²) in [5, 5.41) is 3.62. The fourth-order valence-electron chi connectivity index (χ4n) is 7.42. The summed E-state index contributed by atoms with van der Waals surface area (Å²) in [5.74, 6) is 2.52. The normalized spacial score (nSPS) is 34.4. The van der Waals surface area contributed by atoms with Gasteiger partial charge in [0.2, 0.25) is 0 Å². The van der Waals surface area contributed by atoms with Gasteiger partial charge in [0.25, 0.3) is 0 Å². The Hall–Kier alpha value is -2.23. The number of urea groups is 1. The lowest BCUT2D eigenvalue weighted by Gasteiger charge is -2.57. The van der Waals surface area contributed by atoms with Crippen LogP contribution in [0.15, 0.2) is 42.6 Å². The molecule has 4 fully saturated rings. The molecule has 4 heteroatoms. The van der Waals surface area contributed by atoms with Gasteiger partial charge in [-0.15, -0.1) is 0 Å². The van der Waals surface area contributed by atoms with Crippen molar-refractivity contribution in [1.29, 1.82) is 0 Å². The smallest absolute Gasteiger partial charge is 0.318 e. The van der Waals surface area contributed by atoms with Crippen molar-refractivity contribution in [3.63, 3.8) is 0 Å². The highest BCUT2D eigenvalue weighted by atomic mass is 16.2. The Morgan fingerprint density at radius 2 is 1.72 bits per heavy atom. The van der Waals surface area contributed by atoms with Crippen molar-refractivity contribution >= 4 is 6.03 Å². The highest BCUT2D eigenvalue weighted by Gasteiger charge is 2.52. The molecule has 1 aromatic heterocycles. The Kier molecular flexibility index (Phi) is 3.88. The van der Waals surface area contributed by atoms with Crippen molar-refractivity contribution in [3.8, 4) is 5.69 Å². The minimum Gasteiger partial charge on any atom is -0.332 e. The number of nitrogens with one attached hydrogen (secondary N) is 1. The number of rotatable bonds is 2. The Labute approximate surface area is 173 Å². The minimum atomic E-state index is 0.0535. The van der Waals surface area contributed by atoms with Crippen molar-refractivity contribution in [2.24, 2.45) is 17.8 Å². The highest BCUT2D eigenvalue weighted by molar-refractivity contribution is 5.76. The average molecular weight is 390 g/mol. The van der Waals surface area contributed by atoms with Gasteiger partial charge in [0.1, 0.15) is 0 Å². The Morgan fingerprint density at radius 1 is 1.03 bits per heavy atom. The lowest BCUT2D eigenvalue weighted by molar-refractivity contribution is -0.0167. The molecule has 1 aliphatic heterocycles. The largest absolute Gasteiger partial charge is 0.332 e. The average Bonchev–Trinajstić information content (AvgIpc) is 3.11. The third-order valence-electron chi connectivity index (χ3n) is 8.15. The zero-order chi connectivity index (χ0) is 19.6. The van der Waals surface area contributed by atoms with Gasteiger partial charge in [-0.1, -0.05) is 25.1 Å². The van der Waals surface area contributed by atoms with Crippen LogP contribution >= 0.6 is 0 Å². The number of hydrogen-bond donors (Lipinski definition) is 1. The predicted molar refractivity (Wildman–Crippen MR) is 114 cm³/mol. The van der Waals surface area contributed by atoms with Crippen LogP contribution in [0.4, 0.5) is 4.79 Å². The van der Waals surface area contributed by atoms with E-state index in [-0.39, 0.29) is 17.6 Å². The van der Waals surface area contributed by atoms with Crippen LogP contribution in [0.25, 0.3) is 5.69 Å². The van der Waals surface area contributed by atoms with Crippen molar-refractivity contribution in [2.45, 2.75) is 70.0 Å². The lowest BCUT2D eigenvalue weighted by atomic mass is 9.53. The van der Waals surface area contributed by atoms with Gasteiger partial charge in [-0.05, 0) is 86.5 Å². The standard InChI is InChI=1S/C25H31N3O/c1-2-21-23-8-5-9-27(23)22-7-4-3-6-20(22)16-28(21)24(29)26-25-13-17-10-18(14-25)12-19(11-17)15-25/h3-9,17-19,21H,2,10-16H2,1H3,(H,26,29)/t17?,18?,19?,21-,25?/m1/s1. The molecule has 0 unspecified atom stereocenters. The van der Waals surface area contributed by atoms with Gasteiger partial charge in [-0.2, -0.15) is 0 Å². The number of para-hydroxylation sites is 1. The van der Waals surface area contributed by atoms with Crippen LogP contribution in [0.3, 0.4) is 0 Å². The van der Waals surface area contributed by atoms with Gasteiger partial charge in [0.15, 0.2) is 0 Å². The Balaban J connectivity index is 1.34. The Bertz CT molecular complexity index is 910. The molecule has 0 radical (unpaired) electrons. The van der Waals surface area contributed by atoms with Gasteiger partial charge >= 0.3 is 6.03 Å². The third-order valence-corrected chi connectivity index (χ3v) is 8.15. The predicted octanol–water partition coefficient (Wildman–Crippen LogP) is 5.42. The number of benzene rings is 1. The number of aromatic nitrogens is 1. The van der Waals surface area contributed by atoms with Crippen LogP contribution in [0.1, 0.15) is 69.2 Å². The molecule has 152 valence electrons. The molecule has 2 amide bonds. The second-order valence-corrected chi connectivity index (χ2v) is 10.1. The van der Waals surface area contributed by atoms with Crippen molar-refractivity contribution in [3.05, 3.63) is 53.9 Å². The number of nitrogens with zero attached hydrogens (tertiary/aromatic N) is 2. The molecule has 1 aromatic carbocycles. The maximum absolute atomic E-state index is 13.8. The summed E-state index contributed by atoms with van der Waals surface area (Å²) in [6.45, 7) is 2.87. The molecule has 29 heavy (non-hydrogen) atoms. The Morgan fingerprint density at radius 3 is 2.41 bits per heavy atom. The van der Waals surface area contributed by atoms with E-state index in [1.165, 1.54) is 55.5 Å². The summed E-state index contributed by atoms with van der Waals surface area (Å²) >= 11 is 0. The van der Waals surface area contributed by atoms with E-state index in [2.05, 4.69) is 64.3 Å². The zero-order valence-corrected chi connectivity index (χ0v) is 17.3. The van der Waals surface area contributed by atoms with Crippen LogP contribution in [-0.4, -0.2) is 21.0 Å². The lowest BCUT2D eigenvalue weighted by Crippen LogP contribution is -2.62. The van der Waals surface area contributed by atoms with Crippen LogP contribution in [0.2, 0.25) is 0 Å². The molecule has 2 aromatic rings.